The molecular formula is C10H20N2O5S. The van der Waals surface area contributed by atoms with E-state index in [0.29, 0.717) is 13.2 Å². The summed E-state index contributed by atoms with van der Waals surface area (Å²) in [6.45, 7) is 3.32. The molecule has 2 atom stereocenters. The maximum atomic E-state index is 11.1. The van der Waals surface area contributed by atoms with Crippen LogP contribution in [-0.2, 0) is 19.6 Å². The molecule has 0 aromatic rings. The summed E-state index contributed by atoms with van der Waals surface area (Å²) in [5.41, 5.74) is 0. The van der Waals surface area contributed by atoms with Crippen LogP contribution in [0.4, 0.5) is 0 Å². The van der Waals surface area contributed by atoms with Crippen molar-refractivity contribution in [3.63, 3.8) is 0 Å². The van der Waals surface area contributed by atoms with Gasteiger partial charge in [-0.2, -0.15) is 0 Å². The van der Waals surface area contributed by atoms with Crippen molar-refractivity contribution in [2.45, 2.75) is 19.4 Å². The van der Waals surface area contributed by atoms with Gasteiger partial charge in [0.15, 0.2) is 0 Å². The van der Waals surface area contributed by atoms with Crippen molar-refractivity contribution < 1.29 is 23.1 Å². The van der Waals surface area contributed by atoms with Crippen LogP contribution < -0.4 is 5.14 Å². The fourth-order valence-electron chi connectivity index (χ4n) is 2.11. The Bertz CT molecular complexity index is 384. The van der Waals surface area contributed by atoms with Gasteiger partial charge in [0.05, 0.1) is 24.9 Å². The molecule has 7 nitrogen and oxygen atoms in total. The number of sulfonamides is 1. The minimum Gasteiger partial charge on any atom is -0.481 e. The summed E-state index contributed by atoms with van der Waals surface area (Å²) in [5.74, 6) is -1.68. The molecule has 0 amide bonds. The molecule has 1 saturated heterocycles. The van der Waals surface area contributed by atoms with Crippen molar-refractivity contribution in [2.24, 2.45) is 11.1 Å². The van der Waals surface area contributed by atoms with Gasteiger partial charge in [-0.15, -0.1) is 0 Å². The first-order valence-corrected chi connectivity index (χ1v) is 7.61. The van der Waals surface area contributed by atoms with E-state index in [1.165, 1.54) is 0 Å². The Morgan fingerprint density at radius 2 is 2.11 bits per heavy atom. The molecule has 1 heterocycles. The van der Waals surface area contributed by atoms with Crippen molar-refractivity contribution in [3.05, 3.63) is 0 Å². The SMILES string of the molecule is CCCN(CCS(N)(=O)=O)C1COCC1C(=O)O. The van der Waals surface area contributed by atoms with Crippen LogP contribution in [0.5, 0.6) is 0 Å². The number of primary sulfonamides is 1. The molecule has 0 aliphatic carbocycles. The van der Waals surface area contributed by atoms with Crippen LogP contribution in [0.2, 0.25) is 0 Å². The third-order valence-corrected chi connectivity index (χ3v) is 3.76. The van der Waals surface area contributed by atoms with E-state index in [0.717, 1.165) is 6.42 Å². The maximum Gasteiger partial charge on any atom is 0.310 e. The lowest BCUT2D eigenvalue weighted by molar-refractivity contribution is -0.143. The summed E-state index contributed by atoms with van der Waals surface area (Å²) in [5, 5.41) is 14.1. The van der Waals surface area contributed by atoms with Gasteiger partial charge in [0.25, 0.3) is 0 Å². The Morgan fingerprint density at radius 3 is 2.61 bits per heavy atom. The Labute approximate surface area is 107 Å². The largest absolute Gasteiger partial charge is 0.481 e. The van der Waals surface area contributed by atoms with Crippen molar-refractivity contribution in [2.75, 3.05) is 32.1 Å². The zero-order valence-corrected chi connectivity index (χ0v) is 11.2. The Kier molecular flexibility index (Phi) is 5.51. The summed E-state index contributed by atoms with van der Waals surface area (Å²) in [7, 11) is -3.53. The highest BCUT2D eigenvalue weighted by atomic mass is 32.2. The number of carboxylic acid groups (broad SMARTS) is 1. The minimum atomic E-state index is -3.53. The number of hydrogen-bond acceptors (Lipinski definition) is 5. The van der Waals surface area contributed by atoms with Crippen LogP contribution >= 0.6 is 0 Å². The minimum absolute atomic E-state index is 0.171. The fourth-order valence-corrected chi connectivity index (χ4v) is 2.60. The van der Waals surface area contributed by atoms with Gasteiger partial charge in [-0.05, 0) is 13.0 Å². The Hall–Kier alpha value is -0.700. The van der Waals surface area contributed by atoms with Crippen molar-refractivity contribution >= 4 is 16.0 Å². The van der Waals surface area contributed by atoms with Gasteiger partial charge >= 0.3 is 5.97 Å². The quantitative estimate of drug-likeness (QED) is 0.624. The molecule has 1 fully saturated rings. The van der Waals surface area contributed by atoms with Crippen LogP contribution in [0, 0.1) is 5.92 Å². The zero-order valence-electron chi connectivity index (χ0n) is 10.4. The average molecular weight is 280 g/mol. The van der Waals surface area contributed by atoms with Crippen LogP contribution in [0.3, 0.4) is 0 Å². The number of aliphatic carboxylic acids is 1. The zero-order chi connectivity index (χ0) is 13.8. The standard InChI is InChI=1S/C10H20N2O5S/c1-2-3-12(4-5-18(11,15)16)9-7-17-6-8(9)10(13)14/h8-9H,2-7H2,1H3,(H,13,14)(H2,11,15,16). The van der Waals surface area contributed by atoms with Crippen LogP contribution in [0.25, 0.3) is 0 Å². The third kappa shape index (κ3) is 4.52. The monoisotopic (exact) mass is 280 g/mol. The average Bonchev–Trinajstić information content (AvgIpc) is 2.71. The van der Waals surface area contributed by atoms with Gasteiger partial charge in [0.1, 0.15) is 0 Å². The highest BCUT2D eigenvalue weighted by Gasteiger charge is 2.37. The molecule has 18 heavy (non-hydrogen) atoms. The lowest BCUT2D eigenvalue weighted by atomic mass is 10.0. The summed E-state index contributed by atoms with van der Waals surface area (Å²) in [6.07, 6.45) is 0.813. The molecular weight excluding hydrogens is 260 g/mol. The molecule has 2 unspecified atom stereocenters. The predicted molar refractivity (Wildman–Crippen MR) is 65.6 cm³/mol. The number of nitrogens with zero attached hydrogens (tertiary/aromatic N) is 1. The molecule has 0 bridgehead atoms. The van der Waals surface area contributed by atoms with Gasteiger partial charge in [-0.1, -0.05) is 6.92 Å². The van der Waals surface area contributed by atoms with E-state index in [1.54, 1.807) is 0 Å². The number of ether oxygens (including phenoxy) is 1. The van der Waals surface area contributed by atoms with Crippen molar-refractivity contribution in [1.29, 1.82) is 0 Å². The smallest absolute Gasteiger partial charge is 0.310 e. The van der Waals surface area contributed by atoms with Gasteiger partial charge in [0, 0.05) is 12.6 Å². The summed E-state index contributed by atoms with van der Waals surface area (Å²) in [4.78, 5) is 12.9. The van der Waals surface area contributed by atoms with Crippen molar-refractivity contribution in [3.8, 4) is 0 Å². The van der Waals surface area contributed by atoms with Crippen molar-refractivity contribution in [1.82, 2.24) is 4.90 Å². The number of rotatable bonds is 7. The lowest BCUT2D eigenvalue weighted by Crippen LogP contribution is -2.46. The number of carboxylic acids is 1. The van der Waals surface area contributed by atoms with Gasteiger partial charge in [0.2, 0.25) is 10.0 Å². The molecule has 0 aromatic heterocycles. The second-order valence-corrected chi connectivity index (χ2v) is 6.19. The van der Waals surface area contributed by atoms with E-state index < -0.39 is 21.9 Å². The third-order valence-electron chi connectivity index (χ3n) is 3.01. The van der Waals surface area contributed by atoms with E-state index >= 15 is 0 Å². The highest BCUT2D eigenvalue weighted by Crippen LogP contribution is 2.20. The molecule has 1 aliphatic rings. The first-order chi connectivity index (χ1) is 8.35. The highest BCUT2D eigenvalue weighted by molar-refractivity contribution is 7.89. The summed E-state index contributed by atoms with van der Waals surface area (Å²) >= 11 is 0. The summed E-state index contributed by atoms with van der Waals surface area (Å²) in [6, 6.07) is -0.274. The second-order valence-electron chi connectivity index (χ2n) is 4.45. The predicted octanol–water partition coefficient (Wildman–Crippen LogP) is -0.913. The molecule has 3 N–H and O–H groups in total. The normalized spacial score (nSPS) is 24.6. The summed E-state index contributed by atoms with van der Waals surface area (Å²) < 4.78 is 27.1. The molecule has 1 rings (SSSR count). The van der Waals surface area contributed by atoms with E-state index in [-0.39, 0.29) is 24.9 Å². The van der Waals surface area contributed by atoms with Gasteiger partial charge in [-0.3, -0.25) is 9.69 Å². The number of carbonyl (C=O) groups is 1. The molecule has 106 valence electrons. The molecule has 0 radical (unpaired) electrons. The van der Waals surface area contributed by atoms with E-state index in [4.69, 9.17) is 15.0 Å². The number of hydrogen-bond donors (Lipinski definition) is 2. The first-order valence-electron chi connectivity index (χ1n) is 5.90. The van der Waals surface area contributed by atoms with E-state index in [2.05, 4.69) is 0 Å². The fraction of sp³-hybridized carbons (Fsp3) is 0.900. The molecule has 8 heteroatoms. The van der Waals surface area contributed by atoms with E-state index in [9.17, 15) is 13.2 Å². The van der Waals surface area contributed by atoms with Crippen LogP contribution in [-0.4, -0.2) is 62.5 Å². The van der Waals surface area contributed by atoms with Gasteiger partial charge in [-0.25, -0.2) is 13.6 Å². The van der Waals surface area contributed by atoms with E-state index in [1.807, 2.05) is 11.8 Å². The first kappa shape index (κ1) is 15.4. The van der Waals surface area contributed by atoms with Crippen LogP contribution in [0.1, 0.15) is 13.3 Å². The topological polar surface area (TPSA) is 110 Å². The molecule has 1 aliphatic heterocycles. The Morgan fingerprint density at radius 1 is 1.44 bits per heavy atom. The lowest BCUT2D eigenvalue weighted by Gasteiger charge is -2.29. The second kappa shape index (κ2) is 6.46. The van der Waals surface area contributed by atoms with Crippen LogP contribution in [0.15, 0.2) is 0 Å². The number of nitrogens with two attached hydrogens (primary N) is 1. The molecule has 0 spiro atoms. The van der Waals surface area contributed by atoms with Gasteiger partial charge < -0.3 is 9.84 Å². The Balaban J connectivity index is 2.68. The molecule has 0 saturated carbocycles. The maximum absolute atomic E-state index is 11.1. The molecule has 0 aromatic carbocycles.